The van der Waals surface area contributed by atoms with E-state index in [0.29, 0.717) is 30.5 Å². The van der Waals surface area contributed by atoms with Crippen LogP contribution in [0.2, 0.25) is 0 Å². The summed E-state index contributed by atoms with van der Waals surface area (Å²) in [5, 5.41) is 12.0. The van der Waals surface area contributed by atoms with Crippen molar-refractivity contribution in [3.8, 4) is 0 Å². The molecule has 1 aromatic rings. The van der Waals surface area contributed by atoms with E-state index in [2.05, 4.69) is 5.32 Å². The minimum absolute atomic E-state index is 0.0825. The topological polar surface area (TPSA) is 110 Å². The van der Waals surface area contributed by atoms with E-state index in [-0.39, 0.29) is 40.9 Å². The van der Waals surface area contributed by atoms with Crippen molar-refractivity contribution in [3.05, 3.63) is 29.3 Å². The molecule has 1 heterocycles. The maximum Gasteiger partial charge on any atom is 0.335 e. The lowest BCUT2D eigenvalue weighted by molar-refractivity contribution is -0.118. The van der Waals surface area contributed by atoms with E-state index in [0.717, 1.165) is 0 Å². The van der Waals surface area contributed by atoms with Gasteiger partial charge in [-0.15, -0.1) is 0 Å². The van der Waals surface area contributed by atoms with Crippen LogP contribution in [0.1, 0.15) is 35.2 Å². The summed E-state index contributed by atoms with van der Waals surface area (Å²) < 4.78 is 28.2. The number of benzene rings is 1. The average Bonchev–Trinajstić information content (AvgIpc) is 3.25. The Balaban J connectivity index is 1.71. The summed E-state index contributed by atoms with van der Waals surface area (Å²) in [7, 11) is -1.45. The third-order valence-corrected chi connectivity index (χ3v) is 6.80. The molecule has 1 aliphatic heterocycles. The number of carboxylic acid groups (broad SMARTS) is 1. The summed E-state index contributed by atoms with van der Waals surface area (Å²) in [6.45, 7) is 0.245. The van der Waals surface area contributed by atoms with E-state index >= 15 is 0 Å². The van der Waals surface area contributed by atoms with Gasteiger partial charge < -0.3 is 15.2 Å². The largest absolute Gasteiger partial charge is 0.478 e. The highest BCUT2D eigenvalue weighted by atomic mass is 32.2. The number of carboxylic acids is 1. The molecule has 1 aromatic carbocycles. The molecule has 0 bridgehead atoms. The molecule has 1 saturated heterocycles. The summed E-state index contributed by atoms with van der Waals surface area (Å²) in [5.74, 6) is -1.17. The summed E-state index contributed by atoms with van der Waals surface area (Å²) in [4.78, 5) is 23.8. The molecular weight excluding hydrogens is 346 g/mol. The van der Waals surface area contributed by atoms with Crippen molar-refractivity contribution in [2.45, 2.75) is 25.9 Å². The van der Waals surface area contributed by atoms with Gasteiger partial charge in [0.1, 0.15) is 9.84 Å². The third-order valence-electron chi connectivity index (χ3n) is 5.15. The lowest BCUT2D eigenvalue weighted by atomic mass is 9.96. The van der Waals surface area contributed by atoms with Crippen LogP contribution in [0.15, 0.2) is 18.2 Å². The second kappa shape index (κ2) is 6.42. The zero-order valence-electron chi connectivity index (χ0n) is 13.9. The molecule has 25 heavy (non-hydrogen) atoms. The van der Waals surface area contributed by atoms with Crippen molar-refractivity contribution in [3.63, 3.8) is 0 Å². The number of anilines is 1. The van der Waals surface area contributed by atoms with Gasteiger partial charge in [0.05, 0.1) is 23.7 Å². The molecule has 1 spiro atoms. The Bertz CT molecular complexity index is 802. The molecule has 1 atom stereocenters. The highest BCUT2D eigenvalue weighted by Crippen LogP contribution is 2.60. The van der Waals surface area contributed by atoms with Crippen LogP contribution in [0.5, 0.6) is 0 Å². The van der Waals surface area contributed by atoms with Crippen molar-refractivity contribution >= 4 is 27.4 Å². The second-order valence-electron chi connectivity index (χ2n) is 6.92. The molecule has 3 rings (SSSR count). The minimum atomic E-state index is -2.96. The van der Waals surface area contributed by atoms with Gasteiger partial charge in [-0.05, 0) is 48.4 Å². The van der Waals surface area contributed by atoms with Gasteiger partial charge in [0.25, 0.3) is 0 Å². The fraction of sp³-hybridized carbons (Fsp3) is 0.529. The van der Waals surface area contributed by atoms with E-state index in [1.807, 2.05) is 0 Å². The lowest BCUT2D eigenvalue weighted by Gasteiger charge is -2.22. The number of methoxy groups -OCH3 is 1. The van der Waals surface area contributed by atoms with Gasteiger partial charge in [-0.3, -0.25) is 4.79 Å². The van der Waals surface area contributed by atoms with Crippen LogP contribution < -0.4 is 5.32 Å². The SMILES string of the molecule is COCc1cc(NC(=O)C2CC23CCS(=O)(=O)CC3)cc(C(=O)O)c1. The Labute approximate surface area is 146 Å². The Hall–Kier alpha value is -1.93. The van der Waals surface area contributed by atoms with Gasteiger partial charge in [-0.1, -0.05) is 0 Å². The molecule has 136 valence electrons. The van der Waals surface area contributed by atoms with Crippen molar-refractivity contribution in [2.75, 3.05) is 23.9 Å². The number of ether oxygens (including phenoxy) is 1. The monoisotopic (exact) mass is 367 g/mol. The summed E-state index contributed by atoms with van der Waals surface area (Å²) in [6, 6.07) is 4.61. The Kier molecular flexibility index (Phi) is 4.59. The number of amides is 1. The van der Waals surface area contributed by atoms with E-state index in [9.17, 15) is 23.1 Å². The van der Waals surface area contributed by atoms with Gasteiger partial charge in [-0.25, -0.2) is 13.2 Å². The van der Waals surface area contributed by atoms with Gasteiger partial charge in [0, 0.05) is 18.7 Å². The molecule has 2 aliphatic rings. The van der Waals surface area contributed by atoms with E-state index in [1.165, 1.54) is 19.2 Å². The number of hydrogen-bond acceptors (Lipinski definition) is 5. The summed E-state index contributed by atoms with van der Waals surface area (Å²) >= 11 is 0. The van der Waals surface area contributed by atoms with Gasteiger partial charge in [-0.2, -0.15) is 0 Å². The predicted molar refractivity (Wildman–Crippen MR) is 91.2 cm³/mol. The first-order chi connectivity index (χ1) is 11.7. The van der Waals surface area contributed by atoms with Crippen LogP contribution in [-0.4, -0.2) is 44.0 Å². The molecule has 7 nitrogen and oxygen atoms in total. The molecule has 8 heteroatoms. The van der Waals surface area contributed by atoms with Crippen molar-refractivity contribution in [1.29, 1.82) is 0 Å². The highest BCUT2D eigenvalue weighted by molar-refractivity contribution is 7.91. The summed E-state index contributed by atoms with van der Waals surface area (Å²) in [6.07, 6.45) is 1.74. The maximum atomic E-state index is 12.5. The van der Waals surface area contributed by atoms with Crippen LogP contribution in [0, 0.1) is 11.3 Å². The Morgan fingerprint density at radius 1 is 1.28 bits per heavy atom. The minimum Gasteiger partial charge on any atom is -0.478 e. The van der Waals surface area contributed by atoms with E-state index in [4.69, 9.17) is 4.74 Å². The van der Waals surface area contributed by atoms with Gasteiger partial charge >= 0.3 is 5.97 Å². The van der Waals surface area contributed by atoms with Crippen LogP contribution >= 0.6 is 0 Å². The Morgan fingerprint density at radius 3 is 2.56 bits per heavy atom. The first-order valence-corrected chi connectivity index (χ1v) is 9.94. The molecule has 2 fully saturated rings. The zero-order valence-corrected chi connectivity index (χ0v) is 14.8. The van der Waals surface area contributed by atoms with Crippen LogP contribution in [0.25, 0.3) is 0 Å². The molecule has 2 N–H and O–H groups in total. The number of carbonyl (C=O) groups excluding carboxylic acids is 1. The van der Waals surface area contributed by atoms with Gasteiger partial charge in [0.2, 0.25) is 5.91 Å². The number of aromatic carboxylic acids is 1. The smallest absolute Gasteiger partial charge is 0.335 e. The van der Waals surface area contributed by atoms with Crippen LogP contribution in [0.4, 0.5) is 5.69 Å². The maximum absolute atomic E-state index is 12.5. The molecule has 1 amide bonds. The molecule has 0 radical (unpaired) electrons. The number of hydrogen-bond donors (Lipinski definition) is 2. The quantitative estimate of drug-likeness (QED) is 0.819. The van der Waals surface area contributed by atoms with E-state index < -0.39 is 15.8 Å². The fourth-order valence-corrected chi connectivity index (χ4v) is 5.22. The normalized spacial score (nSPS) is 23.2. The molecule has 1 saturated carbocycles. The van der Waals surface area contributed by atoms with Gasteiger partial charge in [0.15, 0.2) is 0 Å². The fourth-order valence-electron chi connectivity index (χ4n) is 3.58. The first kappa shape index (κ1) is 17.9. The van der Waals surface area contributed by atoms with Crippen molar-refractivity contribution < 1.29 is 27.9 Å². The van der Waals surface area contributed by atoms with Crippen LogP contribution in [-0.2, 0) is 26.0 Å². The average molecular weight is 367 g/mol. The Morgan fingerprint density at radius 2 is 1.96 bits per heavy atom. The summed E-state index contributed by atoms with van der Waals surface area (Å²) in [5.41, 5.74) is 0.961. The molecule has 1 unspecified atom stereocenters. The first-order valence-electron chi connectivity index (χ1n) is 8.12. The third kappa shape index (κ3) is 3.85. The van der Waals surface area contributed by atoms with Crippen molar-refractivity contribution in [2.24, 2.45) is 11.3 Å². The lowest BCUT2D eigenvalue weighted by Crippen LogP contribution is -2.28. The van der Waals surface area contributed by atoms with Crippen LogP contribution in [0.3, 0.4) is 0 Å². The number of nitrogens with one attached hydrogen (secondary N) is 1. The second-order valence-corrected chi connectivity index (χ2v) is 9.22. The number of carbonyl (C=O) groups is 2. The van der Waals surface area contributed by atoms with Crippen molar-refractivity contribution in [1.82, 2.24) is 0 Å². The number of sulfone groups is 1. The highest BCUT2D eigenvalue weighted by Gasteiger charge is 2.59. The zero-order chi connectivity index (χ0) is 18.2. The molecular formula is C17H21NO6S. The van der Waals surface area contributed by atoms with E-state index in [1.54, 1.807) is 6.07 Å². The number of rotatable bonds is 5. The molecule has 1 aliphatic carbocycles. The predicted octanol–water partition coefficient (Wildman–Crippen LogP) is 1.68. The standard InChI is InChI=1S/C17H21NO6S/c1-24-10-11-6-12(16(20)21)8-13(7-11)18-15(19)14-9-17(14)2-4-25(22,23)5-3-17/h6-8,14H,2-5,9-10H2,1H3,(H,18,19)(H,20,21). The molecule has 0 aromatic heterocycles.